The van der Waals surface area contributed by atoms with Crippen LogP contribution in [0.1, 0.15) is 32.2 Å². The third-order valence-corrected chi connectivity index (χ3v) is 6.31. The fraction of sp³-hybridized carbons (Fsp3) is 0.0769. The van der Waals surface area contributed by atoms with Gasteiger partial charge in [-0.1, -0.05) is 65.7 Å². The first-order chi connectivity index (χ1) is 16.5. The highest BCUT2D eigenvalue weighted by molar-refractivity contribution is 7.10. The second kappa shape index (κ2) is 11.2. The largest absolute Gasteiger partial charge is 0.489 e. The quantitative estimate of drug-likeness (QED) is 0.252. The summed E-state index contributed by atoms with van der Waals surface area (Å²) in [7, 11) is 0. The number of carbonyl (C=O) groups is 1. The molecule has 0 spiro atoms. The lowest BCUT2D eigenvalue weighted by atomic mass is 10.1. The molecule has 3 aromatic carbocycles. The molecule has 0 amide bonds. The van der Waals surface area contributed by atoms with Crippen molar-refractivity contribution < 1.29 is 19.4 Å². The Bertz CT molecular complexity index is 1270. The normalized spacial score (nSPS) is 11.0. The maximum absolute atomic E-state index is 11.1. The van der Waals surface area contributed by atoms with E-state index < -0.39 is 5.97 Å². The van der Waals surface area contributed by atoms with Crippen LogP contribution in [0.3, 0.4) is 0 Å². The molecule has 0 bridgehead atoms. The monoisotopic (exact) mass is 511 g/mol. The standard InChI is InChI=1S/C26H19Cl2NO4S/c27-22-7-3-1-5-18(22)14-32-20-11-17(9-10-25-29-24(16-34-25)26(30)31)12-21(13-20)33-15-19-6-2-4-8-23(19)28/h1-13,16H,14-15H2,(H,30,31)/b10-9+. The Labute approximate surface area is 210 Å². The van der Waals surface area contributed by atoms with E-state index in [0.29, 0.717) is 39.8 Å². The molecule has 0 aliphatic carbocycles. The summed E-state index contributed by atoms with van der Waals surface area (Å²) in [5, 5.41) is 12.4. The van der Waals surface area contributed by atoms with Gasteiger partial charge in [-0.05, 0) is 35.9 Å². The zero-order valence-electron chi connectivity index (χ0n) is 17.8. The second-order valence-electron chi connectivity index (χ2n) is 7.21. The maximum atomic E-state index is 11.1. The van der Waals surface area contributed by atoms with E-state index in [0.717, 1.165) is 16.7 Å². The lowest BCUT2D eigenvalue weighted by Crippen LogP contribution is -1.99. The van der Waals surface area contributed by atoms with Crippen LogP contribution in [0.25, 0.3) is 12.2 Å². The molecule has 1 aromatic heterocycles. The van der Waals surface area contributed by atoms with E-state index in [1.807, 2.05) is 66.7 Å². The molecule has 1 heterocycles. The first-order valence-electron chi connectivity index (χ1n) is 10.2. The minimum absolute atomic E-state index is 0.0187. The van der Waals surface area contributed by atoms with Crippen LogP contribution in [0.15, 0.2) is 72.1 Å². The fourth-order valence-electron chi connectivity index (χ4n) is 3.04. The SMILES string of the molecule is O=C(O)c1csc(/C=C/c2cc(OCc3ccccc3Cl)cc(OCc3ccccc3Cl)c2)n1. The first-order valence-corrected chi connectivity index (χ1v) is 11.9. The maximum Gasteiger partial charge on any atom is 0.355 e. The number of rotatable bonds is 9. The van der Waals surface area contributed by atoms with E-state index in [-0.39, 0.29) is 5.69 Å². The molecule has 4 rings (SSSR count). The molecule has 0 saturated heterocycles. The van der Waals surface area contributed by atoms with Crippen molar-refractivity contribution in [3.63, 3.8) is 0 Å². The topological polar surface area (TPSA) is 68.7 Å². The van der Waals surface area contributed by atoms with E-state index in [1.165, 1.54) is 16.7 Å². The van der Waals surface area contributed by atoms with Gasteiger partial charge in [0.15, 0.2) is 5.69 Å². The van der Waals surface area contributed by atoms with Gasteiger partial charge in [-0.2, -0.15) is 0 Å². The van der Waals surface area contributed by atoms with Gasteiger partial charge in [-0.25, -0.2) is 9.78 Å². The van der Waals surface area contributed by atoms with Crippen LogP contribution in [-0.2, 0) is 13.2 Å². The van der Waals surface area contributed by atoms with Gasteiger partial charge in [0.05, 0.1) is 0 Å². The smallest absolute Gasteiger partial charge is 0.355 e. The van der Waals surface area contributed by atoms with Crippen LogP contribution in [0, 0.1) is 0 Å². The zero-order chi connectivity index (χ0) is 23.9. The number of hydrogen-bond acceptors (Lipinski definition) is 5. The number of hydrogen-bond donors (Lipinski definition) is 1. The van der Waals surface area contributed by atoms with Crippen molar-refractivity contribution in [2.75, 3.05) is 0 Å². The van der Waals surface area contributed by atoms with Gasteiger partial charge in [0, 0.05) is 32.6 Å². The van der Waals surface area contributed by atoms with Crippen LogP contribution in [0.4, 0.5) is 0 Å². The van der Waals surface area contributed by atoms with E-state index in [2.05, 4.69) is 4.98 Å². The highest BCUT2D eigenvalue weighted by Crippen LogP contribution is 2.28. The molecule has 172 valence electrons. The molecule has 0 unspecified atom stereocenters. The number of halogens is 2. The number of ether oxygens (including phenoxy) is 2. The highest BCUT2D eigenvalue weighted by atomic mass is 35.5. The van der Waals surface area contributed by atoms with E-state index in [1.54, 1.807) is 12.1 Å². The zero-order valence-corrected chi connectivity index (χ0v) is 20.1. The summed E-state index contributed by atoms with van der Waals surface area (Å²) < 4.78 is 12.0. The molecule has 4 aromatic rings. The lowest BCUT2D eigenvalue weighted by molar-refractivity contribution is 0.0691. The fourth-order valence-corrected chi connectivity index (χ4v) is 4.10. The Balaban J connectivity index is 1.56. The van der Waals surface area contributed by atoms with Gasteiger partial charge < -0.3 is 14.6 Å². The Morgan fingerprint density at radius 2 is 1.44 bits per heavy atom. The average Bonchev–Trinajstić information content (AvgIpc) is 3.31. The van der Waals surface area contributed by atoms with Crippen molar-refractivity contribution in [1.29, 1.82) is 0 Å². The molecule has 0 aliphatic heterocycles. The number of carboxylic acid groups (broad SMARTS) is 1. The molecular formula is C26H19Cl2NO4S. The molecule has 5 nitrogen and oxygen atoms in total. The number of aromatic carboxylic acids is 1. The van der Waals surface area contributed by atoms with E-state index >= 15 is 0 Å². The van der Waals surface area contributed by atoms with Crippen LogP contribution in [0.5, 0.6) is 11.5 Å². The summed E-state index contributed by atoms with van der Waals surface area (Å²) in [5.41, 5.74) is 2.56. The minimum atomic E-state index is -1.05. The third-order valence-electron chi connectivity index (χ3n) is 4.77. The van der Waals surface area contributed by atoms with Crippen molar-refractivity contribution in [2.24, 2.45) is 0 Å². The van der Waals surface area contributed by atoms with Gasteiger partial charge in [-0.15, -0.1) is 11.3 Å². The summed E-state index contributed by atoms with van der Waals surface area (Å²) in [5.74, 6) is 0.143. The molecule has 34 heavy (non-hydrogen) atoms. The Kier molecular flexibility index (Phi) is 7.85. The molecule has 0 radical (unpaired) electrons. The van der Waals surface area contributed by atoms with Crippen molar-refractivity contribution in [3.05, 3.63) is 110 Å². The summed E-state index contributed by atoms with van der Waals surface area (Å²) in [6, 6.07) is 20.5. The first kappa shape index (κ1) is 23.8. The number of thiazole rings is 1. The van der Waals surface area contributed by atoms with Gasteiger partial charge in [0.2, 0.25) is 0 Å². The summed E-state index contributed by atoms with van der Waals surface area (Å²) >= 11 is 13.8. The number of aromatic nitrogens is 1. The minimum Gasteiger partial charge on any atom is -0.489 e. The third kappa shape index (κ3) is 6.38. The van der Waals surface area contributed by atoms with Crippen molar-refractivity contribution in [2.45, 2.75) is 13.2 Å². The molecule has 8 heteroatoms. The average molecular weight is 512 g/mol. The molecule has 0 atom stereocenters. The van der Waals surface area contributed by atoms with Gasteiger partial charge in [-0.3, -0.25) is 0 Å². The number of carboxylic acids is 1. The van der Waals surface area contributed by atoms with Crippen molar-refractivity contribution >= 4 is 52.7 Å². The molecule has 0 fully saturated rings. The van der Waals surface area contributed by atoms with Crippen LogP contribution in [-0.4, -0.2) is 16.1 Å². The van der Waals surface area contributed by atoms with Gasteiger partial charge in [0.1, 0.15) is 29.7 Å². The van der Waals surface area contributed by atoms with Crippen LogP contribution < -0.4 is 9.47 Å². The van der Waals surface area contributed by atoms with Crippen molar-refractivity contribution in [1.82, 2.24) is 4.98 Å². The molecule has 0 saturated carbocycles. The van der Waals surface area contributed by atoms with Crippen LogP contribution >= 0.6 is 34.5 Å². The number of nitrogens with zero attached hydrogens (tertiary/aromatic N) is 1. The Morgan fingerprint density at radius 1 is 0.882 bits per heavy atom. The molecule has 1 N–H and O–H groups in total. The Hall–Kier alpha value is -3.32. The predicted molar refractivity (Wildman–Crippen MR) is 136 cm³/mol. The van der Waals surface area contributed by atoms with E-state index in [9.17, 15) is 4.79 Å². The highest BCUT2D eigenvalue weighted by Gasteiger charge is 2.08. The molecule has 0 aliphatic rings. The number of benzene rings is 3. The summed E-state index contributed by atoms with van der Waals surface area (Å²) in [6.07, 6.45) is 3.58. The predicted octanol–water partition coefficient (Wildman–Crippen LogP) is 7.48. The second-order valence-corrected chi connectivity index (χ2v) is 8.91. The van der Waals surface area contributed by atoms with Gasteiger partial charge >= 0.3 is 5.97 Å². The summed E-state index contributed by atoms with van der Waals surface area (Å²) in [6.45, 7) is 0.594. The van der Waals surface area contributed by atoms with Crippen molar-refractivity contribution in [3.8, 4) is 11.5 Å². The van der Waals surface area contributed by atoms with Gasteiger partial charge in [0.25, 0.3) is 0 Å². The lowest BCUT2D eigenvalue weighted by Gasteiger charge is -2.12. The Morgan fingerprint density at radius 3 is 1.94 bits per heavy atom. The van der Waals surface area contributed by atoms with Crippen LogP contribution in [0.2, 0.25) is 10.0 Å². The summed E-state index contributed by atoms with van der Waals surface area (Å²) in [4.78, 5) is 15.2. The van der Waals surface area contributed by atoms with E-state index in [4.69, 9.17) is 37.8 Å². The molecular weight excluding hydrogens is 493 g/mol.